The third-order valence-electron chi connectivity index (χ3n) is 5.63. The first-order valence-corrected chi connectivity index (χ1v) is 8.94. The summed E-state index contributed by atoms with van der Waals surface area (Å²) in [6.07, 6.45) is 2.49. The number of hydrogen-bond donors (Lipinski definition) is 1. The van der Waals surface area contributed by atoms with Crippen LogP contribution >= 0.6 is 0 Å². The van der Waals surface area contributed by atoms with Crippen LogP contribution < -0.4 is 4.72 Å². The van der Waals surface area contributed by atoms with Crippen molar-refractivity contribution in [1.29, 1.82) is 0 Å². The monoisotopic (exact) mass is 353 g/mol. The fraction of sp³-hybridized carbons (Fsp3) is 0.786. The van der Waals surface area contributed by atoms with Crippen LogP contribution in [0.15, 0.2) is 12.2 Å². The van der Waals surface area contributed by atoms with Gasteiger partial charge in [0.1, 0.15) is 5.60 Å². The molecule has 4 fully saturated rings. The van der Waals surface area contributed by atoms with E-state index in [2.05, 4.69) is 6.58 Å². The zero-order chi connectivity index (χ0) is 17.2. The molecule has 130 valence electrons. The van der Waals surface area contributed by atoms with E-state index in [1.54, 1.807) is 4.72 Å². The number of alkyl halides is 3. The predicted octanol–water partition coefficient (Wildman–Crippen LogP) is 1.96. The molecule has 0 aromatic carbocycles. The maximum Gasteiger partial charge on any atom is 0.511 e. The summed E-state index contributed by atoms with van der Waals surface area (Å²) in [7, 11) is -5.38. The van der Waals surface area contributed by atoms with Crippen molar-refractivity contribution in [1.82, 2.24) is 4.72 Å². The zero-order valence-electron chi connectivity index (χ0n) is 12.5. The topological polar surface area (TPSA) is 72.5 Å². The van der Waals surface area contributed by atoms with E-state index in [4.69, 9.17) is 4.74 Å². The Hall–Kier alpha value is -1.09. The van der Waals surface area contributed by atoms with Gasteiger partial charge in [0.05, 0.1) is 0 Å². The number of rotatable bonds is 5. The second-order valence-electron chi connectivity index (χ2n) is 6.71. The van der Waals surface area contributed by atoms with Crippen LogP contribution in [-0.2, 0) is 19.6 Å². The lowest BCUT2D eigenvalue weighted by atomic mass is 9.60. The summed E-state index contributed by atoms with van der Waals surface area (Å²) in [5, 5.41) is 0. The van der Waals surface area contributed by atoms with Gasteiger partial charge in [-0.05, 0) is 38.0 Å². The summed E-state index contributed by atoms with van der Waals surface area (Å²) in [5.41, 5.74) is -5.94. The van der Waals surface area contributed by atoms with E-state index >= 15 is 0 Å². The van der Waals surface area contributed by atoms with Crippen molar-refractivity contribution >= 4 is 16.0 Å². The predicted molar refractivity (Wildman–Crippen MR) is 74.4 cm³/mol. The van der Waals surface area contributed by atoms with Gasteiger partial charge in [0.15, 0.2) is 0 Å². The Bertz CT molecular complexity index is 651. The molecule has 5 atom stereocenters. The Morgan fingerprint density at radius 2 is 2.04 bits per heavy atom. The fourth-order valence-corrected chi connectivity index (χ4v) is 5.35. The Morgan fingerprint density at radius 1 is 1.39 bits per heavy atom. The molecule has 4 bridgehead atoms. The summed E-state index contributed by atoms with van der Waals surface area (Å²) in [4.78, 5) is 11.9. The van der Waals surface area contributed by atoms with E-state index in [1.807, 2.05) is 0 Å². The molecule has 0 amide bonds. The summed E-state index contributed by atoms with van der Waals surface area (Å²) >= 11 is 0. The van der Waals surface area contributed by atoms with Crippen molar-refractivity contribution in [2.24, 2.45) is 23.7 Å². The number of nitrogens with one attached hydrogen (secondary N) is 1. The number of carbonyl (C=O) groups is 1. The highest BCUT2D eigenvalue weighted by atomic mass is 32.2. The second-order valence-corrected chi connectivity index (χ2v) is 8.47. The normalized spacial score (nSPS) is 38.3. The molecule has 0 aromatic heterocycles. The first kappa shape index (κ1) is 16.8. The van der Waals surface area contributed by atoms with E-state index in [1.165, 1.54) is 6.92 Å². The number of esters is 1. The van der Waals surface area contributed by atoms with Crippen LogP contribution in [0.1, 0.15) is 26.2 Å². The van der Waals surface area contributed by atoms with Crippen LogP contribution in [0.25, 0.3) is 0 Å². The van der Waals surface area contributed by atoms with E-state index in [0.717, 1.165) is 19.3 Å². The van der Waals surface area contributed by atoms with Crippen LogP contribution in [0, 0.1) is 23.7 Å². The molecule has 0 aromatic rings. The molecule has 0 spiro atoms. The molecule has 4 aliphatic rings. The summed E-state index contributed by atoms with van der Waals surface area (Å²) in [5.74, 6) is -0.633. The van der Waals surface area contributed by atoms with E-state index in [0.29, 0.717) is 0 Å². The number of hydrogen-bond acceptors (Lipinski definition) is 4. The van der Waals surface area contributed by atoms with Gasteiger partial charge in [0, 0.05) is 24.0 Å². The molecule has 9 heteroatoms. The first-order chi connectivity index (χ1) is 10.5. The minimum Gasteiger partial charge on any atom is -0.455 e. The molecule has 5 nitrogen and oxygen atoms in total. The Morgan fingerprint density at radius 3 is 2.57 bits per heavy atom. The molecule has 23 heavy (non-hydrogen) atoms. The van der Waals surface area contributed by atoms with Gasteiger partial charge in [-0.2, -0.15) is 13.2 Å². The van der Waals surface area contributed by atoms with Gasteiger partial charge in [0.25, 0.3) is 0 Å². The first-order valence-electron chi connectivity index (χ1n) is 7.45. The van der Waals surface area contributed by atoms with Crippen molar-refractivity contribution in [3.63, 3.8) is 0 Å². The standard InChI is InChI=1S/C14H18F3NO4S/c1-7(2)12(19)22-13-8-3-4-10(13)9(5-8)11(13)6-18-23(20,21)14(15,16)17/h8-11,18H,1,3-6H2,2H3/t8-,9?,10?,11?,13?/m0/s1. The summed E-state index contributed by atoms with van der Waals surface area (Å²) < 4.78 is 67.0. The number of carbonyl (C=O) groups excluding carboxylic acids is 1. The van der Waals surface area contributed by atoms with Crippen LogP contribution in [-0.4, -0.2) is 32.0 Å². The number of ether oxygens (including phenoxy) is 1. The minimum absolute atomic E-state index is 0.0983. The largest absolute Gasteiger partial charge is 0.511 e. The molecule has 4 saturated carbocycles. The Labute approximate surface area is 132 Å². The molecule has 4 rings (SSSR count). The molecule has 1 N–H and O–H groups in total. The Balaban J connectivity index is 1.76. The highest BCUT2D eigenvalue weighted by Crippen LogP contribution is 2.72. The third-order valence-corrected chi connectivity index (χ3v) is 6.79. The van der Waals surface area contributed by atoms with Gasteiger partial charge in [0.2, 0.25) is 0 Å². The van der Waals surface area contributed by atoms with Gasteiger partial charge in [-0.15, -0.1) is 0 Å². The number of sulfonamides is 1. The maximum absolute atomic E-state index is 12.4. The van der Waals surface area contributed by atoms with E-state index < -0.39 is 33.0 Å². The van der Waals surface area contributed by atoms with Gasteiger partial charge in [-0.1, -0.05) is 6.58 Å². The van der Waals surface area contributed by atoms with Crippen LogP contribution in [0.4, 0.5) is 13.2 Å². The van der Waals surface area contributed by atoms with Crippen LogP contribution in [0.5, 0.6) is 0 Å². The van der Waals surface area contributed by atoms with Crippen LogP contribution in [0.3, 0.4) is 0 Å². The molecule has 0 saturated heterocycles. The Kier molecular flexibility index (Phi) is 3.61. The number of halogens is 3. The zero-order valence-corrected chi connectivity index (χ0v) is 13.3. The smallest absolute Gasteiger partial charge is 0.455 e. The highest BCUT2D eigenvalue weighted by Gasteiger charge is 2.76. The quantitative estimate of drug-likeness (QED) is 0.606. The minimum atomic E-state index is -5.38. The highest BCUT2D eigenvalue weighted by molar-refractivity contribution is 7.90. The second kappa shape index (κ2) is 4.95. The fourth-order valence-electron chi connectivity index (χ4n) is 4.79. The lowest BCUT2D eigenvalue weighted by Gasteiger charge is -2.52. The van der Waals surface area contributed by atoms with Gasteiger partial charge in [-0.3, -0.25) is 0 Å². The molecule has 0 heterocycles. The van der Waals surface area contributed by atoms with Crippen molar-refractivity contribution in [3.8, 4) is 0 Å². The summed E-state index contributed by atoms with van der Waals surface area (Å²) in [6.45, 7) is 4.67. The molecule has 0 aliphatic heterocycles. The van der Waals surface area contributed by atoms with Crippen LogP contribution in [0.2, 0.25) is 0 Å². The molecular formula is C14H18F3NO4S. The van der Waals surface area contributed by atoms with Gasteiger partial charge < -0.3 is 4.74 Å². The van der Waals surface area contributed by atoms with Crippen molar-refractivity contribution in [2.75, 3.05) is 6.54 Å². The van der Waals surface area contributed by atoms with Crippen molar-refractivity contribution in [2.45, 2.75) is 37.3 Å². The van der Waals surface area contributed by atoms with Crippen molar-refractivity contribution in [3.05, 3.63) is 12.2 Å². The average Bonchev–Trinajstić information content (AvgIpc) is 2.98. The van der Waals surface area contributed by atoms with Gasteiger partial charge in [-0.25, -0.2) is 17.9 Å². The maximum atomic E-state index is 12.4. The summed E-state index contributed by atoms with van der Waals surface area (Å²) in [6, 6.07) is 0. The lowest BCUT2D eigenvalue weighted by Crippen LogP contribution is -2.61. The molecule has 4 aliphatic carbocycles. The lowest BCUT2D eigenvalue weighted by molar-refractivity contribution is -0.193. The molecule has 0 radical (unpaired) electrons. The van der Waals surface area contributed by atoms with E-state index in [-0.39, 0.29) is 29.9 Å². The van der Waals surface area contributed by atoms with Gasteiger partial charge >= 0.3 is 21.5 Å². The average molecular weight is 353 g/mol. The molecule has 4 unspecified atom stereocenters. The van der Waals surface area contributed by atoms with Crippen molar-refractivity contribution < 1.29 is 31.1 Å². The van der Waals surface area contributed by atoms with E-state index in [9.17, 15) is 26.4 Å². The third kappa shape index (κ3) is 2.23. The molecular weight excluding hydrogens is 335 g/mol. The SMILES string of the molecule is C=C(C)C(=O)OC12C3CC[C@H]1CC3C2CNS(=O)(=O)C(F)(F)F.